The smallest absolute Gasteiger partial charge is 0.177 e. The lowest BCUT2D eigenvalue weighted by Gasteiger charge is -2.37. The second-order valence-corrected chi connectivity index (χ2v) is 6.84. The molecular weight excluding hydrogens is 326 g/mol. The van der Waals surface area contributed by atoms with Crippen LogP contribution in [-0.4, -0.2) is 43.8 Å². The fourth-order valence-electron chi connectivity index (χ4n) is 2.94. The fourth-order valence-corrected chi connectivity index (χ4v) is 3.15. The van der Waals surface area contributed by atoms with E-state index in [9.17, 15) is 0 Å². The number of nitrogens with two attached hydrogens (primary N) is 1. The van der Waals surface area contributed by atoms with E-state index in [4.69, 9.17) is 17.3 Å². The number of hydrogen-bond donors (Lipinski definition) is 2. The summed E-state index contributed by atoms with van der Waals surface area (Å²) in [4.78, 5) is 15.5. The minimum atomic E-state index is -0.0910. The van der Waals surface area contributed by atoms with Crippen LogP contribution in [0.1, 0.15) is 19.8 Å². The number of halogens is 1. The van der Waals surface area contributed by atoms with Crippen LogP contribution in [-0.2, 0) is 0 Å². The molecular formula is C16H18ClN7. The maximum atomic E-state index is 6.19. The molecule has 0 aromatic carbocycles. The third-order valence-corrected chi connectivity index (χ3v) is 4.80. The molecule has 4 heterocycles. The predicted octanol–water partition coefficient (Wildman–Crippen LogP) is 2.39. The van der Waals surface area contributed by atoms with Crippen molar-refractivity contribution in [2.45, 2.75) is 25.3 Å². The monoisotopic (exact) mass is 343 g/mol. The molecule has 0 unspecified atom stereocenters. The number of anilines is 1. The molecule has 0 spiro atoms. The van der Waals surface area contributed by atoms with Crippen LogP contribution in [0.4, 0.5) is 5.82 Å². The zero-order valence-corrected chi connectivity index (χ0v) is 14.1. The fraction of sp³-hybridized carbons (Fsp3) is 0.375. The summed E-state index contributed by atoms with van der Waals surface area (Å²) in [6.45, 7) is 3.85. The van der Waals surface area contributed by atoms with E-state index < -0.39 is 0 Å². The molecule has 0 aliphatic carbocycles. The Morgan fingerprint density at radius 1 is 1.29 bits per heavy atom. The van der Waals surface area contributed by atoms with E-state index >= 15 is 0 Å². The molecule has 124 valence electrons. The molecule has 0 saturated carbocycles. The first-order valence-electron chi connectivity index (χ1n) is 7.89. The lowest BCUT2D eigenvalue weighted by Crippen LogP contribution is -2.48. The van der Waals surface area contributed by atoms with E-state index in [0.29, 0.717) is 22.0 Å². The van der Waals surface area contributed by atoms with Crippen LogP contribution >= 0.6 is 11.6 Å². The molecule has 1 fully saturated rings. The Bertz CT molecular complexity index is 879. The zero-order chi connectivity index (χ0) is 16.7. The Kier molecular flexibility index (Phi) is 3.62. The molecule has 24 heavy (non-hydrogen) atoms. The van der Waals surface area contributed by atoms with Crippen molar-refractivity contribution in [3.63, 3.8) is 0 Å². The topological polar surface area (TPSA) is 96.6 Å². The lowest BCUT2D eigenvalue weighted by atomic mass is 9.91. The Morgan fingerprint density at radius 2 is 2.08 bits per heavy atom. The third kappa shape index (κ3) is 2.70. The van der Waals surface area contributed by atoms with Gasteiger partial charge in [-0.15, -0.1) is 0 Å². The largest absolute Gasteiger partial charge is 0.355 e. The molecule has 0 radical (unpaired) electrons. The molecule has 0 atom stereocenters. The summed E-state index contributed by atoms with van der Waals surface area (Å²) >= 11 is 6.16. The van der Waals surface area contributed by atoms with Crippen LogP contribution in [0.3, 0.4) is 0 Å². The number of nitrogens with one attached hydrogen (secondary N) is 1. The Hall–Kier alpha value is -2.25. The highest BCUT2D eigenvalue weighted by atomic mass is 35.5. The summed E-state index contributed by atoms with van der Waals surface area (Å²) in [6.07, 6.45) is 5.30. The van der Waals surface area contributed by atoms with Crippen molar-refractivity contribution in [2.75, 3.05) is 18.0 Å². The molecule has 0 amide bonds. The number of aromatic amines is 1. The Balaban J connectivity index is 1.68. The maximum Gasteiger partial charge on any atom is 0.177 e. The van der Waals surface area contributed by atoms with E-state index in [1.54, 1.807) is 12.4 Å². The van der Waals surface area contributed by atoms with Crippen molar-refractivity contribution in [1.82, 2.24) is 25.1 Å². The quantitative estimate of drug-likeness (QED) is 0.693. The van der Waals surface area contributed by atoms with Gasteiger partial charge in [-0.3, -0.25) is 5.10 Å². The van der Waals surface area contributed by atoms with Gasteiger partial charge in [-0.1, -0.05) is 11.6 Å². The van der Waals surface area contributed by atoms with Gasteiger partial charge in [0.2, 0.25) is 0 Å². The number of piperidine rings is 1. The minimum absolute atomic E-state index is 0.0910. The molecule has 3 aromatic rings. The van der Waals surface area contributed by atoms with Gasteiger partial charge in [-0.25, -0.2) is 15.0 Å². The highest BCUT2D eigenvalue weighted by molar-refractivity contribution is 6.32. The first kappa shape index (κ1) is 15.3. The van der Waals surface area contributed by atoms with Crippen molar-refractivity contribution >= 4 is 28.6 Å². The highest BCUT2D eigenvalue weighted by Gasteiger charge is 2.27. The first-order chi connectivity index (χ1) is 11.5. The number of rotatable bonds is 2. The summed E-state index contributed by atoms with van der Waals surface area (Å²) in [6, 6.07) is 3.69. The summed E-state index contributed by atoms with van der Waals surface area (Å²) in [5.74, 6) is 0.838. The first-order valence-corrected chi connectivity index (χ1v) is 8.27. The van der Waals surface area contributed by atoms with Gasteiger partial charge in [0.15, 0.2) is 5.65 Å². The van der Waals surface area contributed by atoms with E-state index in [2.05, 4.69) is 37.0 Å². The average Bonchev–Trinajstić information content (AvgIpc) is 2.98. The van der Waals surface area contributed by atoms with Gasteiger partial charge in [-0.2, -0.15) is 5.10 Å². The van der Waals surface area contributed by atoms with Crippen molar-refractivity contribution in [3.05, 3.63) is 29.7 Å². The molecule has 1 aliphatic heterocycles. The highest BCUT2D eigenvalue weighted by Crippen LogP contribution is 2.30. The van der Waals surface area contributed by atoms with Gasteiger partial charge in [-0.05, 0) is 31.9 Å². The number of H-pyrrole nitrogens is 1. The molecule has 8 heteroatoms. The SMILES string of the molecule is CC1(N)CCN(c2cnc3c(-c4cccnc4Cl)n[nH]c3n2)CC1. The average molecular weight is 344 g/mol. The normalized spacial score (nSPS) is 17.4. The standard InChI is InChI=1S/C16H18ClN7/c1-16(18)4-7-24(8-5-16)11-9-20-13-12(22-23-15(13)21-11)10-3-2-6-19-14(10)17/h2-3,6,9H,4-5,7-8,18H2,1H3,(H,21,22,23). The van der Waals surface area contributed by atoms with E-state index in [-0.39, 0.29) is 5.54 Å². The van der Waals surface area contributed by atoms with Crippen molar-refractivity contribution in [3.8, 4) is 11.3 Å². The van der Waals surface area contributed by atoms with Crippen LogP contribution in [0.25, 0.3) is 22.4 Å². The number of hydrogen-bond acceptors (Lipinski definition) is 6. The summed E-state index contributed by atoms with van der Waals surface area (Å²) in [5, 5.41) is 7.67. The summed E-state index contributed by atoms with van der Waals surface area (Å²) in [7, 11) is 0. The Labute approximate surface area is 144 Å². The lowest BCUT2D eigenvalue weighted by molar-refractivity contribution is 0.363. The van der Waals surface area contributed by atoms with Gasteiger partial charge in [0.25, 0.3) is 0 Å². The van der Waals surface area contributed by atoms with Gasteiger partial charge in [0.05, 0.1) is 6.20 Å². The van der Waals surface area contributed by atoms with E-state index in [0.717, 1.165) is 37.3 Å². The molecule has 1 saturated heterocycles. The second-order valence-electron chi connectivity index (χ2n) is 6.48. The van der Waals surface area contributed by atoms with E-state index in [1.165, 1.54) is 0 Å². The molecule has 4 rings (SSSR count). The molecule has 3 aromatic heterocycles. The maximum absolute atomic E-state index is 6.19. The number of nitrogens with zero attached hydrogens (tertiary/aromatic N) is 5. The van der Waals surface area contributed by atoms with Gasteiger partial charge in [0.1, 0.15) is 22.2 Å². The van der Waals surface area contributed by atoms with Crippen molar-refractivity contribution in [1.29, 1.82) is 0 Å². The van der Waals surface area contributed by atoms with Crippen LogP contribution in [0.15, 0.2) is 24.5 Å². The molecule has 3 N–H and O–H groups in total. The van der Waals surface area contributed by atoms with Crippen LogP contribution in [0, 0.1) is 0 Å². The van der Waals surface area contributed by atoms with Crippen LogP contribution in [0.2, 0.25) is 5.15 Å². The summed E-state index contributed by atoms with van der Waals surface area (Å²) in [5.41, 5.74) is 8.84. The van der Waals surface area contributed by atoms with Gasteiger partial charge in [0, 0.05) is 30.4 Å². The summed E-state index contributed by atoms with van der Waals surface area (Å²) < 4.78 is 0. The van der Waals surface area contributed by atoms with Gasteiger partial charge < -0.3 is 10.6 Å². The predicted molar refractivity (Wildman–Crippen MR) is 94.0 cm³/mol. The molecule has 1 aliphatic rings. The number of pyridine rings is 1. The van der Waals surface area contributed by atoms with Crippen LogP contribution in [0.5, 0.6) is 0 Å². The number of aromatic nitrogens is 5. The Morgan fingerprint density at radius 3 is 2.83 bits per heavy atom. The van der Waals surface area contributed by atoms with Gasteiger partial charge >= 0.3 is 0 Å². The van der Waals surface area contributed by atoms with E-state index in [1.807, 2.05) is 12.1 Å². The van der Waals surface area contributed by atoms with Crippen LogP contribution < -0.4 is 10.6 Å². The molecule has 0 bridgehead atoms. The minimum Gasteiger partial charge on any atom is -0.355 e. The van der Waals surface area contributed by atoms with Crippen molar-refractivity contribution in [2.24, 2.45) is 5.73 Å². The number of fused-ring (bicyclic) bond motifs is 1. The van der Waals surface area contributed by atoms with Crippen molar-refractivity contribution < 1.29 is 0 Å². The molecule has 7 nitrogen and oxygen atoms in total. The third-order valence-electron chi connectivity index (χ3n) is 4.50. The zero-order valence-electron chi connectivity index (χ0n) is 13.3. The second kappa shape index (κ2) is 5.68.